The number of likely N-dealkylation sites (N-methyl/N-ethyl adjacent to an activating group) is 1. The molecule has 2 aliphatic rings. The van der Waals surface area contributed by atoms with Crippen LogP contribution in [0.15, 0.2) is 24.3 Å². The molecule has 1 aliphatic heterocycles. The van der Waals surface area contributed by atoms with Crippen LogP contribution in [0.5, 0.6) is 0 Å². The number of nitrogens with zero attached hydrogens (tertiary/aromatic N) is 2. The molecule has 1 aromatic carbocycles. The topological polar surface area (TPSA) is 69.7 Å². The number of rotatable bonds is 5. The van der Waals surface area contributed by atoms with Crippen molar-refractivity contribution in [3.63, 3.8) is 0 Å². The second-order valence-corrected chi connectivity index (χ2v) is 6.97. The highest BCUT2D eigenvalue weighted by Gasteiger charge is 2.56. The molecule has 0 bridgehead atoms. The van der Waals surface area contributed by atoms with Crippen LogP contribution in [0, 0.1) is 12.8 Å². The average Bonchev–Trinajstić information content (AvgIpc) is 3.35. The van der Waals surface area contributed by atoms with E-state index in [1.807, 2.05) is 31.2 Å². The van der Waals surface area contributed by atoms with E-state index in [1.165, 1.54) is 0 Å². The van der Waals surface area contributed by atoms with Crippen LogP contribution in [0.25, 0.3) is 0 Å². The van der Waals surface area contributed by atoms with Gasteiger partial charge in [0.05, 0.1) is 0 Å². The lowest BCUT2D eigenvalue weighted by atomic mass is 9.96. The highest BCUT2D eigenvalue weighted by Crippen LogP contribution is 2.42. The lowest BCUT2D eigenvalue weighted by Gasteiger charge is -2.23. The lowest BCUT2D eigenvalue weighted by molar-refractivity contribution is -0.138. The van der Waals surface area contributed by atoms with Gasteiger partial charge in [0.25, 0.3) is 5.91 Å². The normalized spacial score (nSPS) is 23.4. The smallest absolute Gasteiger partial charge is 0.325 e. The molecular formula is C18H23N3O3. The first-order chi connectivity index (χ1) is 11.3. The molecule has 4 amide bonds. The minimum absolute atomic E-state index is 0.193. The molecule has 1 saturated heterocycles. The molecule has 1 aromatic rings. The molecule has 1 aliphatic carbocycles. The van der Waals surface area contributed by atoms with Crippen LogP contribution in [0.3, 0.4) is 0 Å². The zero-order valence-corrected chi connectivity index (χ0v) is 14.3. The van der Waals surface area contributed by atoms with Crippen molar-refractivity contribution in [2.75, 3.05) is 13.6 Å². The van der Waals surface area contributed by atoms with Crippen molar-refractivity contribution in [1.29, 1.82) is 0 Å². The summed E-state index contributed by atoms with van der Waals surface area (Å²) < 4.78 is 0. The quantitative estimate of drug-likeness (QED) is 0.836. The number of nitrogens with one attached hydrogen (secondary N) is 1. The molecule has 0 aromatic heterocycles. The largest absolute Gasteiger partial charge is 0.340 e. The molecule has 6 heteroatoms. The van der Waals surface area contributed by atoms with E-state index in [4.69, 9.17) is 0 Å². The third-order valence-electron chi connectivity index (χ3n) is 5.08. The molecule has 2 fully saturated rings. The van der Waals surface area contributed by atoms with E-state index in [0.29, 0.717) is 6.54 Å². The molecule has 0 radical (unpaired) electrons. The maximum absolute atomic E-state index is 12.6. The SMILES string of the molecule is Cc1ccccc1CN(C)C(=O)CN1C(=O)NC(C)(C2CC2)C1=O. The van der Waals surface area contributed by atoms with E-state index >= 15 is 0 Å². The number of hydrogen-bond donors (Lipinski definition) is 1. The molecule has 1 heterocycles. The van der Waals surface area contributed by atoms with Crippen molar-refractivity contribution in [1.82, 2.24) is 15.1 Å². The maximum atomic E-state index is 12.6. The van der Waals surface area contributed by atoms with Gasteiger partial charge in [-0.1, -0.05) is 24.3 Å². The monoisotopic (exact) mass is 329 g/mol. The molecule has 1 N–H and O–H groups in total. The van der Waals surface area contributed by atoms with Crippen molar-refractivity contribution in [3.05, 3.63) is 35.4 Å². The minimum Gasteiger partial charge on any atom is -0.340 e. The summed E-state index contributed by atoms with van der Waals surface area (Å²) in [6.07, 6.45) is 1.88. The van der Waals surface area contributed by atoms with E-state index in [9.17, 15) is 14.4 Å². The van der Waals surface area contributed by atoms with E-state index < -0.39 is 11.6 Å². The van der Waals surface area contributed by atoms with Crippen molar-refractivity contribution in [3.8, 4) is 0 Å². The Kier molecular flexibility index (Phi) is 4.07. The van der Waals surface area contributed by atoms with Crippen LogP contribution in [-0.2, 0) is 16.1 Å². The summed E-state index contributed by atoms with van der Waals surface area (Å²) in [6, 6.07) is 7.38. The van der Waals surface area contributed by atoms with Crippen LogP contribution in [0.4, 0.5) is 4.79 Å². The van der Waals surface area contributed by atoms with Gasteiger partial charge in [0.15, 0.2) is 0 Å². The van der Waals surface area contributed by atoms with Gasteiger partial charge in [0.2, 0.25) is 5.91 Å². The summed E-state index contributed by atoms with van der Waals surface area (Å²) in [5.74, 6) is -0.340. The fraction of sp³-hybridized carbons (Fsp3) is 0.500. The number of benzene rings is 1. The van der Waals surface area contributed by atoms with E-state index in [0.717, 1.165) is 28.9 Å². The Hall–Kier alpha value is -2.37. The minimum atomic E-state index is -0.841. The molecule has 1 atom stereocenters. The zero-order chi connectivity index (χ0) is 17.5. The maximum Gasteiger partial charge on any atom is 0.325 e. The van der Waals surface area contributed by atoms with Gasteiger partial charge in [-0.15, -0.1) is 0 Å². The van der Waals surface area contributed by atoms with Crippen molar-refractivity contribution in [2.45, 2.75) is 38.8 Å². The van der Waals surface area contributed by atoms with Gasteiger partial charge in [0, 0.05) is 13.6 Å². The first kappa shape index (κ1) is 16.5. The van der Waals surface area contributed by atoms with Crippen molar-refractivity contribution >= 4 is 17.8 Å². The van der Waals surface area contributed by atoms with Crippen molar-refractivity contribution in [2.24, 2.45) is 5.92 Å². The summed E-state index contributed by atoms with van der Waals surface area (Å²) >= 11 is 0. The lowest BCUT2D eigenvalue weighted by Crippen LogP contribution is -2.47. The molecule has 24 heavy (non-hydrogen) atoms. The Bertz CT molecular complexity index is 699. The number of imide groups is 1. The molecular weight excluding hydrogens is 306 g/mol. The molecule has 128 valence electrons. The second-order valence-electron chi connectivity index (χ2n) is 6.97. The Labute approximate surface area is 141 Å². The van der Waals surface area contributed by atoms with E-state index in [1.54, 1.807) is 18.9 Å². The number of carbonyl (C=O) groups excluding carboxylic acids is 3. The number of amides is 4. The molecule has 1 unspecified atom stereocenters. The van der Waals surface area contributed by atoms with Gasteiger partial charge in [-0.3, -0.25) is 14.5 Å². The van der Waals surface area contributed by atoms with Crippen LogP contribution < -0.4 is 5.32 Å². The van der Waals surface area contributed by atoms with Crippen LogP contribution in [-0.4, -0.2) is 46.8 Å². The van der Waals surface area contributed by atoms with Gasteiger partial charge in [-0.05, 0) is 43.7 Å². The molecule has 6 nitrogen and oxygen atoms in total. The predicted molar refractivity (Wildman–Crippen MR) is 89.0 cm³/mol. The highest BCUT2D eigenvalue weighted by atomic mass is 16.2. The first-order valence-corrected chi connectivity index (χ1v) is 8.25. The molecule has 3 rings (SSSR count). The number of urea groups is 1. The van der Waals surface area contributed by atoms with Crippen LogP contribution in [0.2, 0.25) is 0 Å². The van der Waals surface area contributed by atoms with Crippen LogP contribution in [0.1, 0.15) is 30.9 Å². The zero-order valence-electron chi connectivity index (χ0n) is 14.3. The average molecular weight is 329 g/mol. The number of hydrogen-bond acceptors (Lipinski definition) is 3. The molecule has 0 spiro atoms. The summed E-state index contributed by atoms with van der Waals surface area (Å²) in [6.45, 7) is 3.99. The van der Waals surface area contributed by atoms with Gasteiger partial charge in [-0.2, -0.15) is 0 Å². The van der Waals surface area contributed by atoms with Gasteiger partial charge < -0.3 is 10.2 Å². The second kappa shape index (κ2) is 5.92. The van der Waals surface area contributed by atoms with Gasteiger partial charge in [0.1, 0.15) is 12.1 Å². The van der Waals surface area contributed by atoms with E-state index in [-0.39, 0.29) is 24.3 Å². The fourth-order valence-electron chi connectivity index (χ4n) is 3.18. The first-order valence-electron chi connectivity index (χ1n) is 8.25. The predicted octanol–water partition coefficient (Wildman–Crippen LogP) is 1.67. The highest BCUT2D eigenvalue weighted by molar-refractivity contribution is 6.09. The van der Waals surface area contributed by atoms with Gasteiger partial charge >= 0.3 is 6.03 Å². The summed E-state index contributed by atoms with van der Waals surface area (Å²) in [5, 5.41) is 2.76. The molecule has 1 saturated carbocycles. The van der Waals surface area contributed by atoms with E-state index in [2.05, 4.69) is 5.32 Å². The Morgan fingerprint density at radius 3 is 2.62 bits per heavy atom. The number of aryl methyl sites for hydroxylation is 1. The summed E-state index contributed by atoms with van der Waals surface area (Å²) in [7, 11) is 1.69. The summed E-state index contributed by atoms with van der Waals surface area (Å²) in [5.41, 5.74) is 1.31. The number of carbonyl (C=O) groups is 3. The Morgan fingerprint density at radius 1 is 1.33 bits per heavy atom. The third-order valence-corrected chi connectivity index (χ3v) is 5.08. The van der Waals surface area contributed by atoms with Crippen molar-refractivity contribution < 1.29 is 14.4 Å². The fourth-order valence-corrected chi connectivity index (χ4v) is 3.18. The third kappa shape index (κ3) is 2.88. The Morgan fingerprint density at radius 2 is 2.00 bits per heavy atom. The van der Waals surface area contributed by atoms with Crippen LogP contribution >= 0.6 is 0 Å². The standard InChI is InChI=1S/C18H23N3O3/c1-12-6-4-5-7-13(12)10-20(3)15(22)11-21-16(23)18(2,14-8-9-14)19-17(21)24/h4-7,14H,8-11H2,1-3H3,(H,19,24). The van der Waals surface area contributed by atoms with Gasteiger partial charge in [-0.25, -0.2) is 4.79 Å². The Balaban J connectivity index is 1.65. The summed E-state index contributed by atoms with van der Waals surface area (Å²) in [4.78, 5) is 39.7.